The summed E-state index contributed by atoms with van der Waals surface area (Å²) in [6.07, 6.45) is 3.54. The average Bonchev–Trinajstić information content (AvgIpc) is 3.06. The van der Waals surface area contributed by atoms with Gasteiger partial charge in [0, 0.05) is 31.5 Å². The van der Waals surface area contributed by atoms with Crippen LogP contribution in [0.3, 0.4) is 0 Å². The van der Waals surface area contributed by atoms with Crippen molar-refractivity contribution in [3.63, 3.8) is 0 Å². The van der Waals surface area contributed by atoms with E-state index in [2.05, 4.69) is 20.8 Å². The molecule has 0 spiro atoms. The van der Waals surface area contributed by atoms with Gasteiger partial charge in [0.15, 0.2) is 0 Å². The van der Waals surface area contributed by atoms with Crippen molar-refractivity contribution in [2.24, 2.45) is 5.92 Å². The minimum absolute atomic E-state index is 0.0290. The lowest BCUT2D eigenvalue weighted by Crippen LogP contribution is -2.50. The fourth-order valence-corrected chi connectivity index (χ4v) is 3.54. The molecule has 3 N–H and O–H groups in total. The maximum atomic E-state index is 12.1. The predicted octanol–water partition coefficient (Wildman–Crippen LogP) is 1.03. The highest BCUT2D eigenvalue weighted by Gasteiger charge is 2.36. The van der Waals surface area contributed by atoms with Crippen molar-refractivity contribution in [2.45, 2.75) is 44.8 Å². The fourth-order valence-electron chi connectivity index (χ4n) is 3.33. The highest BCUT2D eigenvalue weighted by atomic mass is 35.5. The Balaban J connectivity index is 1.41. The Morgan fingerprint density at radius 1 is 1.44 bits per heavy atom. The van der Waals surface area contributed by atoms with E-state index in [-0.39, 0.29) is 29.0 Å². The number of aromatic amines is 1. The van der Waals surface area contributed by atoms with Crippen molar-refractivity contribution < 1.29 is 14.3 Å². The Morgan fingerprint density at radius 3 is 2.96 bits per heavy atom. The summed E-state index contributed by atoms with van der Waals surface area (Å²) in [7, 11) is 0. The number of anilines is 1. The fraction of sp³-hybridized carbons (Fsp3) is 0.647. The lowest BCUT2D eigenvalue weighted by molar-refractivity contribution is -0.128. The number of nitrogens with zero attached hydrogens (tertiary/aromatic N) is 2. The standard InChI is InChI=1S/C17H24ClN5O4/c1-2-4-19-15(24)10-6-11(7-10)21-17(26)27-12-3-5-23(9-12)13-8-20-22-16(25)14(13)18/h8,10-12H,2-7,9H2,1H3,(H,19,24)(H,21,26)(H,22,25)/t10?,11?,12-/m1/s1. The van der Waals surface area contributed by atoms with Gasteiger partial charge in [0.25, 0.3) is 5.56 Å². The van der Waals surface area contributed by atoms with Gasteiger partial charge < -0.3 is 20.3 Å². The number of aromatic nitrogens is 2. The van der Waals surface area contributed by atoms with Crippen LogP contribution in [0.2, 0.25) is 5.02 Å². The van der Waals surface area contributed by atoms with Crippen LogP contribution in [0, 0.1) is 5.92 Å². The SMILES string of the molecule is CCCNC(=O)C1CC(NC(=O)O[C@@H]2CCN(c3cn[nH]c(=O)c3Cl)C2)C1. The van der Waals surface area contributed by atoms with Gasteiger partial charge in [0.2, 0.25) is 5.91 Å². The first-order valence-electron chi connectivity index (χ1n) is 9.21. The highest BCUT2D eigenvalue weighted by molar-refractivity contribution is 6.33. The molecule has 1 saturated carbocycles. The lowest BCUT2D eigenvalue weighted by Gasteiger charge is -2.34. The molecule has 3 rings (SSSR count). The van der Waals surface area contributed by atoms with Gasteiger partial charge in [-0.15, -0.1) is 0 Å². The zero-order valence-electron chi connectivity index (χ0n) is 15.2. The molecule has 1 saturated heterocycles. The summed E-state index contributed by atoms with van der Waals surface area (Å²) >= 11 is 6.01. The van der Waals surface area contributed by atoms with E-state index < -0.39 is 11.7 Å². The molecular formula is C17H24ClN5O4. The maximum absolute atomic E-state index is 12.1. The van der Waals surface area contributed by atoms with E-state index in [1.807, 2.05) is 11.8 Å². The van der Waals surface area contributed by atoms with E-state index in [4.69, 9.17) is 16.3 Å². The Hall–Kier alpha value is -2.29. The van der Waals surface area contributed by atoms with Crippen LogP contribution in [-0.2, 0) is 9.53 Å². The van der Waals surface area contributed by atoms with Crippen molar-refractivity contribution in [2.75, 3.05) is 24.5 Å². The Bertz CT molecular complexity index is 749. The summed E-state index contributed by atoms with van der Waals surface area (Å²) in [5, 5.41) is 11.8. The number of hydrogen-bond acceptors (Lipinski definition) is 6. The second-order valence-corrected chi connectivity index (χ2v) is 7.34. The van der Waals surface area contributed by atoms with E-state index in [0.717, 1.165) is 6.42 Å². The molecule has 148 valence electrons. The number of hydrogen-bond donors (Lipinski definition) is 3. The largest absolute Gasteiger partial charge is 0.444 e. The van der Waals surface area contributed by atoms with E-state index in [1.54, 1.807) is 0 Å². The van der Waals surface area contributed by atoms with E-state index >= 15 is 0 Å². The second kappa shape index (κ2) is 8.60. The third-order valence-electron chi connectivity index (χ3n) is 4.92. The van der Waals surface area contributed by atoms with Crippen LogP contribution >= 0.6 is 11.6 Å². The molecular weight excluding hydrogens is 374 g/mol. The molecule has 0 bridgehead atoms. The zero-order valence-corrected chi connectivity index (χ0v) is 15.9. The third kappa shape index (κ3) is 4.71. The molecule has 1 aromatic rings. The quantitative estimate of drug-likeness (QED) is 0.660. The van der Waals surface area contributed by atoms with Gasteiger partial charge in [-0.2, -0.15) is 5.10 Å². The lowest BCUT2D eigenvalue weighted by atomic mass is 9.79. The van der Waals surface area contributed by atoms with Crippen LogP contribution in [0.25, 0.3) is 0 Å². The van der Waals surface area contributed by atoms with Gasteiger partial charge >= 0.3 is 6.09 Å². The molecule has 0 aromatic carbocycles. The van der Waals surface area contributed by atoms with E-state index in [0.29, 0.717) is 44.6 Å². The normalized spacial score (nSPS) is 24.2. The number of carbonyl (C=O) groups is 2. The van der Waals surface area contributed by atoms with Gasteiger partial charge in [0.1, 0.15) is 11.1 Å². The number of amides is 2. The third-order valence-corrected chi connectivity index (χ3v) is 5.28. The first-order valence-corrected chi connectivity index (χ1v) is 9.58. The zero-order chi connectivity index (χ0) is 19.4. The monoisotopic (exact) mass is 397 g/mol. The molecule has 0 radical (unpaired) electrons. The molecule has 1 atom stereocenters. The second-order valence-electron chi connectivity index (χ2n) is 6.96. The van der Waals surface area contributed by atoms with Gasteiger partial charge in [0.05, 0.1) is 18.4 Å². The maximum Gasteiger partial charge on any atom is 0.407 e. The van der Waals surface area contributed by atoms with Crippen LogP contribution in [0.1, 0.15) is 32.6 Å². The number of ether oxygens (including phenoxy) is 1. The van der Waals surface area contributed by atoms with Gasteiger partial charge in [-0.05, 0) is 19.3 Å². The number of rotatable bonds is 6. The summed E-state index contributed by atoms with van der Waals surface area (Å²) in [6.45, 7) is 3.75. The molecule has 2 fully saturated rings. The number of nitrogens with one attached hydrogen (secondary N) is 3. The van der Waals surface area contributed by atoms with Gasteiger partial charge in [-0.3, -0.25) is 9.59 Å². The highest BCUT2D eigenvalue weighted by Crippen LogP contribution is 2.28. The van der Waals surface area contributed by atoms with Crippen LogP contribution in [0.4, 0.5) is 10.5 Å². The van der Waals surface area contributed by atoms with Crippen molar-refractivity contribution >= 4 is 29.3 Å². The molecule has 0 unspecified atom stereocenters. The Morgan fingerprint density at radius 2 is 2.22 bits per heavy atom. The topological polar surface area (TPSA) is 116 Å². The first-order chi connectivity index (χ1) is 13.0. The summed E-state index contributed by atoms with van der Waals surface area (Å²) in [6, 6.07) is -0.0290. The van der Waals surface area contributed by atoms with Crippen molar-refractivity contribution in [1.82, 2.24) is 20.8 Å². The number of alkyl carbamates (subject to hydrolysis) is 1. The van der Waals surface area contributed by atoms with Gasteiger partial charge in [-0.25, -0.2) is 9.89 Å². The van der Waals surface area contributed by atoms with Crippen LogP contribution < -0.4 is 21.1 Å². The Labute approximate surface area is 161 Å². The van der Waals surface area contributed by atoms with E-state index in [9.17, 15) is 14.4 Å². The first kappa shape index (κ1) is 19.5. The van der Waals surface area contributed by atoms with Crippen molar-refractivity contribution in [1.29, 1.82) is 0 Å². The molecule has 2 amide bonds. The minimum atomic E-state index is -0.477. The Kier molecular flexibility index (Phi) is 6.20. The number of carbonyl (C=O) groups excluding carboxylic acids is 2. The molecule has 1 aliphatic carbocycles. The molecule has 10 heteroatoms. The number of halogens is 1. The molecule has 9 nitrogen and oxygen atoms in total. The summed E-state index contributed by atoms with van der Waals surface area (Å²) < 4.78 is 5.46. The van der Waals surface area contributed by atoms with Gasteiger partial charge in [-0.1, -0.05) is 18.5 Å². The molecule has 1 aliphatic heterocycles. The van der Waals surface area contributed by atoms with Crippen molar-refractivity contribution in [3.8, 4) is 0 Å². The smallest absolute Gasteiger partial charge is 0.407 e. The summed E-state index contributed by atoms with van der Waals surface area (Å²) in [4.78, 5) is 37.3. The van der Waals surface area contributed by atoms with Crippen LogP contribution in [-0.4, -0.2) is 54.0 Å². The van der Waals surface area contributed by atoms with Crippen molar-refractivity contribution in [3.05, 3.63) is 21.6 Å². The average molecular weight is 398 g/mol. The number of H-pyrrole nitrogens is 1. The minimum Gasteiger partial charge on any atom is -0.444 e. The molecule has 2 heterocycles. The summed E-state index contributed by atoms with van der Waals surface area (Å²) in [5.41, 5.74) is 0.0886. The van der Waals surface area contributed by atoms with Crippen LogP contribution in [0.15, 0.2) is 11.0 Å². The molecule has 1 aromatic heterocycles. The van der Waals surface area contributed by atoms with E-state index in [1.165, 1.54) is 6.20 Å². The predicted molar refractivity (Wildman–Crippen MR) is 99.9 cm³/mol. The van der Waals surface area contributed by atoms with Crippen LogP contribution in [0.5, 0.6) is 0 Å². The summed E-state index contributed by atoms with van der Waals surface area (Å²) in [5.74, 6) is 0.0210. The molecule has 2 aliphatic rings. The molecule has 27 heavy (non-hydrogen) atoms.